The Balaban J connectivity index is 1.84. The van der Waals surface area contributed by atoms with Crippen molar-refractivity contribution in [3.63, 3.8) is 0 Å². The van der Waals surface area contributed by atoms with Crippen LogP contribution in [0.25, 0.3) is 0 Å². The van der Waals surface area contributed by atoms with Crippen LogP contribution in [-0.4, -0.2) is 23.0 Å². The van der Waals surface area contributed by atoms with Crippen LogP contribution in [0, 0.1) is 0 Å². The van der Waals surface area contributed by atoms with Crippen LogP contribution in [0.4, 0.5) is 0 Å². The number of benzene rings is 2. The van der Waals surface area contributed by atoms with Crippen molar-refractivity contribution in [2.75, 3.05) is 0 Å². The number of rotatable bonds is 8. The van der Waals surface area contributed by atoms with Gasteiger partial charge in [-0.1, -0.05) is 30.3 Å². The summed E-state index contributed by atoms with van der Waals surface area (Å²) in [7, 11) is 0. The third-order valence-corrected chi connectivity index (χ3v) is 3.53. The van der Waals surface area contributed by atoms with E-state index in [2.05, 4.69) is 5.32 Å². The molecule has 1 unspecified atom stereocenters. The lowest BCUT2D eigenvalue weighted by Crippen LogP contribution is -2.32. The fraction of sp³-hybridized carbons (Fsp3) is 0.263. The van der Waals surface area contributed by atoms with Gasteiger partial charge in [0.1, 0.15) is 12.4 Å². The molecule has 5 heteroatoms. The summed E-state index contributed by atoms with van der Waals surface area (Å²) in [6.45, 7) is 2.26. The Bertz CT molecular complexity index is 668. The Morgan fingerprint density at radius 1 is 1.08 bits per heavy atom. The Labute approximate surface area is 141 Å². The molecule has 0 saturated heterocycles. The lowest BCUT2D eigenvalue weighted by Gasteiger charge is -2.13. The first-order valence-corrected chi connectivity index (χ1v) is 7.84. The fourth-order valence-electron chi connectivity index (χ4n) is 2.16. The third kappa shape index (κ3) is 5.76. The summed E-state index contributed by atoms with van der Waals surface area (Å²) < 4.78 is 5.68. The zero-order valence-electron chi connectivity index (χ0n) is 13.6. The van der Waals surface area contributed by atoms with Gasteiger partial charge in [-0.2, -0.15) is 0 Å². The number of ether oxygens (including phenoxy) is 1. The van der Waals surface area contributed by atoms with Crippen LogP contribution in [0.15, 0.2) is 54.6 Å². The number of carboxylic acids is 1. The van der Waals surface area contributed by atoms with Crippen molar-refractivity contribution < 1.29 is 19.4 Å². The Morgan fingerprint density at radius 2 is 1.75 bits per heavy atom. The fourth-order valence-corrected chi connectivity index (χ4v) is 2.16. The maximum absolute atomic E-state index is 12.1. The number of carboxylic acid groups (broad SMARTS) is 1. The van der Waals surface area contributed by atoms with Gasteiger partial charge in [0.05, 0.1) is 0 Å². The molecule has 2 rings (SSSR count). The Morgan fingerprint density at radius 3 is 2.38 bits per heavy atom. The standard InChI is InChI=1S/C19H21NO4/c1-14(7-12-18(21)22)20-19(23)16-8-10-17(11-9-16)24-13-15-5-3-2-4-6-15/h2-6,8-11,14H,7,12-13H2,1H3,(H,20,23)(H,21,22). The second kappa shape index (κ2) is 8.72. The smallest absolute Gasteiger partial charge is 0.303 e. The van der Waals surface area contributed by atoms with E-state index in [9.17, 15) is 9.59 Å². The lowest BCUT2D eigenvalue weighted by molar-refractivity contribution is -0.137. The first-order chi connectivity index (χ1) is 11.5. The van der Waals surface area contributed by atoms with E-state index in [1.54, 1.807) is 31.2 Å². The van der Waals surface area contributed by atoms with Gasteiger partial charge in [0.15, 0.2) is 0 Å². The van der Waals surface area contributed by atoms with Crippen molar-refractivity contribution in [2.24, 2.45) is 0 Å². The molecule has 0 fully saturated rings. The highest BCUT2D eigenvalue weighted by Gasteiger charge is 2.11. The monoisotopic (exact) mass is 327 g/mol. The van der Waals surface area contributed by atoms with Crippen molar-refractivity contribution in [3.8, 4) is 5.75 Å². The first kappa shape index (κ1) is 17.5. The average Bonchev–Trinajstić information content (AvgIpc) is 2.59. The van der Waals surface area contributed by atoms with Gasteiger partial charge in [-0.05, 0) is 43.2 Å². The van der Waals surface area contributed by atoms with Crippen LogP contribution < -0.4 is 10.1 Å². The SMILES string of the molecule is CC(CCC(=O)O)NC(=O)c1ccc(OCc2ccccc2)cc1. The molecule has 1 atom stereocenters. The highest BCUT2D eigenvalue weighted by atomic mass is 16.5. The Kier molecular flexibility index (Phi) is 6.37. The number of nitrogens with one attached hydrogen (secondary N) is 1. The quantitative estimate of drug-likeness (QED) is 0.780. The minimum absolute atomic E-state index is 0.0354. The zero-order valence-corrected chi connectivity index (χ0v) is 13.6. The molecule has 0 saturated carbocycles. The second-order valence-corrected chi connectivity index (χ2v) is 5.61. The Hall–Kier alpha value is -2.82. The van der Waals surface area contributed by atoms with Crippen molar-refractivity contribution in [1.82, 2.24) is 5.32 Å². The van der Waals surface area contributed by atoms with Crippen molar-refractivity contribution in [2.45, 2.75) is 32.4 Å². The number of carbonyl (C=O) groups is 2. The number of hydrogen-bond acceptors (Lipinski definition) is 3. The molecule has 5 nitrogen and oxygen atoms in total. The summed E-state index contributed by atoms with van der Waals surface area (Å²) in [4.78, 5) is 22.6. The molecule has 24 heavy (non-hydrogen) atoms. The van der Waals surface area contributed by atoms with Crippen LogP contribution in [0.5, 0.6) is 5.75 Å². The van der Waals surface area contributed by atoms with E-state index < -0.39 is 5.97 Å². The third-order valence-electron chi connectivity index (χ3n) is 3.53. The highest BCUT2D eigenvalue weighted by molar-refractivity contribution is 5.94. The van der Waals surface area contributed by atoms with Crippen molar-refractivity contribution >= 4 is 11.9 Å². The maximum atomic E-state index is 12.1. The van der Waals surface area contributed by atoms with E-state index in [4.69, 9.17) is 9.84 Å². The maximum Gasteiger partial charge on any atom is 0.303 e. The van der Waals surface area contributed by atoms with Gasteiger partial charge in [-0.3, -0.25) is 9.59 Å². The molecule has 0 aromatic heterocycles. The van der Waals surface area contributed by atoms with E-state index in [0.717, 1.165) is 5.56 Å². The summed E-state index contributed by atoms with van der Waals surface area (Å²) in [6.07, 6.45) is 0.438. The van der Waals surface area contributed by atoms with E-state index in [-0.39, 0.29) is 18.4 Å². The molecule has 2 N–H and O–H groups in total. The van der Waals surface area contributed by atoms with E-state index in [0.29, 0.717) is 24.3 Å². The van der Waals surface area contributed by atoms with Crippen LogP contribution in [0.3, 0.4) is 0 Å². The van der Waals surface area contributed by atoms with Crippen molar-refractivity contribution in [3.05, 3.63) is 65.7 Å². The van der Waals surface area contributed by atoms with E-state index >= 15 is 0 Å². The molecule has 0 aliphatic rings. The topological polar surface area (TPSA) is 75.6 Å². The van der Waals surface area contributed by atoms with Crippen molar-refractivity contribution in [1.29, 1.82) is 0 Å². The van der Waals surface area contributed by atoms with Gasteiger partial charge in [-0.25, -0.2) is 0 Å². The van der Waals surface area contributed by atoms with Crippen LogP contribution in [0.2, 0.25) is 0 Å². The lowest BCUT2D eigenvalue weighted by atomic mass is 10.1. The zero-order chi connectivity index (χ0) is 17.4. The van der Waals surface area contributed by atoms with Gasteiger partial charge >= 0.3 is 5.97 Å². The molecule has 0 heterocycles. The van der Waals surface area contributed by atoms with Gasteiger partial charge in [-0.15, -0.1) is 0 Å². The molecule has 1 amide bonds. The summed E-state index contributed by atoms with van der Waals surface area (Å²) in [5.74, 6) is -0.396. The summed E-state index contributed by atoms with van der Waals surface area (Å²) in [5, 5.41) is 11.4. The summed E-state index contributed by atoms with van der Waals surface area (Å²) >= 11 is 0. The minimum atomic E-state index is -0.865. The van der Waals surface area contributed by atoms with E-state index in [1.165, 1.54) is 0 Å². The molecule has 0 aliphatic heterocycles. The first-order valence-electron chi connectivity index (χ1n) is 7.84. The predicted molar refractivity (Wildman–Crippen MR) is 91.0 cm³/mol. The van der Waals surface area contributed by atoms with Crippen LogP contribution in [-0.2, 0) is 11.4 Å². The predicted octanol–water partition coefficient (Wildman–Crippen LogP) is 3.25. The molecule has 2 aromatic carbocycles. The normalized spacial score (nSPS) is 11.5. The van der Waals surface area contributed by atoms with Gasteiger partial charge in [0, 0.05) is 18.0 Å². The number of hydrogen-bond donors (Lipinski definition) is 2. The van der Waals surface area contributed by atoms with Crippen LogP contribution in [0.1, 0.15) is 35.7 Å². The van der Waals surface area contributed by atoms with Gasteiger partial charge < -0.3 is 15.2 Å². The number of carbonyl (C=O) groups excluding carboxylic acids is 1. The van der Waals surface area contributed by atoms with E-state index in [1.807, 2.05) is 30.3 Å². The molecule has 126 valence electrons. The molecule has 0 radical (unpaired) electrons. The second-order valence-electron chi connectivity index (χ2n) is 5.61. The summed E-state index contributed by atoms with van der Waals surface area (Å²) in [5.41, 5.74) is 1.59. The van der Waals surface area contributed by atoms with Crippen LogP contribution >= 0.6 is 0 Å². The molecule has 2 aromatic rings. The molecule has 0 spiro atoms. The number of amides is 1. The molecular formula is C19H21NO4. The molecular weight excluding hydrogens is 306 g/mol. The molecule has 0 aliphatic carbocycles. The number of aliphatic carboxylic acids is 1. The summed E-state index contributed by atoms with van der Waals surface area (Å²) in [6, 6.07) is 16.5. The van der Waals surface area contributed by atoms with Gasteiger partial charge in [0.25, 0.3) is 5.91 Å². The van der Waals surface area contributed by atoms with Gasteiger partial charge in [0.2, 0.25) is 0 Å². The highest BCUT2D eigenvalue weighted by Crippen LogP contribution is 2.14. The minimum Gasteiger partial charge on any atom is -0.489 e. The largest absolute Gasteiger partial charge is 0.489 e. The molecule has 0 bridgehead atoms. The average molecular weight is 327 g/mol.